The fourth-order valence-corrected chi connectivity index (χ4v) is 3.97. The zero-order valence-corrected chi connectivity index (χ0v) is 14.1. The monoisotopic (exact) mass is 354 g/mol. The van der Waals surface area contributed by atoms with E-state index in [2.05, 4.69) is 9.88 Å². The first-order valence-electron chi connectivity index (χ1n) is 7.57. The van der Waals surface area contributed by atoms with Gasteiger partial charge in [0.2, 0.25) is 5.76 Å². The molecule has 2 aromatic carbocycles. The lowest BCUT2D eigenvalue weighted by Crippen LogP contribution is -2.13. The minimum Gasteiger partial charge on any atom is -0.456 e. The Labute approximate surface area is 144 Å². The summed E-state index contributed by atoms with van der Waals surface area (Å²) in [5, 5.41) is 5.38. The Hall–Kier alpha value is -3.06. The normalized spacial score (nSPS) is 11.7. The van der Waals surface area contributed by atoms with E-state index in [0.29, 0.717) is 17.2 Å². The van der Waals surface area contributed by atoms with E-state index in [1.807, 2.05) is 36.4 Å². The molecule has 4 aromatic rings. The van der Waals surface area contributed by atoms with Gasteiger partial charge < -0.3 is 8.94 Å². The maximum atomic E-state index is 12.8. The van der Waals surface area contributed by atoms with Crippen LogP contribution in [0.2, 0.25) is 0 Å². The van der Waals surface area contributed by atoms with Crippen LogP contribution < -0.4 is 4.72 Å². The highest BCUT2D eigenvalue weighted by Crippen LogP contribution is 2.31. The summed E-state index contributed by atoms with van der Waals surface area (Å²) in [5.74, 6) is 0.960. The molecule has 2 heterocycles. The summed E-state index contributed by atoms with van der Waals surface area (Å²) in [4.78, 5) is 0.0619. The highest BCUT2D eigenvalue weighted by molar-refractivity contribution is 7.92. The highest BCUT2D eigenvalue weighted by atomic mass is 32.2. The summed E-state index contributed by atoms with van der Waals surface area (Å²) in [6.45, 7) is 1.59. The van der Waals surface area contributed by atoms with Crippen molar-refractivity contribution in [2.75, 3.05) is 4.72 Å². The molecule has 0 atom stereocenters. The van der Waals surface area contributed by atoms with Crippen molar-refractivity contribution in [1.29, 1.82) is 0 Å². The SMILES string of the molecule is Cc1oc(-c2ccno2)cc1S(=O)(=O)Nc1cccc2ccccc12. The number of aromatic nitrogens is 1. The van der Waals surface area contributed by atoms with Crippen molar-refractivity contribution >= 4 is 26.5 Å². The van der Waals surface area contributed by atoms with E-state index in [9.17, 15) is 8.42 Å². The lowest BCUT2D eigenvalue weighted by Gasteiger charge is -2.10. The second-order valence-electron chi connectivity index (χ2n) is 5.54. The summed E-state index contributed by atoms with van der Waals surface area (Å²) < 4.78 is 38.8. The molecule has 25 heavy (non-hydrogen) atoms. The number of hydrogen-bond donors (Lipinski definition) is 1. The van der Waals surface area contributed by atoms with E-state index in [0.717, 1.165) is 10.8 Å². The van der Waals surface area contributed by atoms with E-state index in [1.165, 1.54) is 12.3 Å². The number of fused-ring (bicyclic) bond motifs is 1. The first-order valence-corrected chi connectivity index (χ1v) is 9.05. The van der Waals surface area contributed by atoms with E-state index in [1.54, 1.807) is 19.1 Å². The number of nitrogens with one attached hydrogen (secondary N) is 1. The number of benzene rings is 2. The van der Waals surface area contributed by atoms with Gasteiger partial charge in [-0.3, -0.25) is 4.72 Å². The van der Waals surface area contributed by atoms with Crippen LogP contribution in [0.1, 0.15) is 5.76 Å². The molecule has 0 unspecified atom stereocenters. The summed E-state index contributed by atoms with van der Waals surface area (Å²) in [7, 11) is -3.81. The molecule has 0 radical (unpaired) electrons. The van der Waals surface area contributed by atoms with Gasteiger partial charge in [0, 0.05) is 17.5 Å². The molecule has 4 rings (SSSR count). The molecule has 0 aliphatic carbocycles. The summed E-state index contributed by atoms with van der Waals surface area (Å²) in [5.41, 5.74) is 0.514. The van der Waals surface area contributed by atoms with E-state index in [4.69, 9.17) is 8.94 Å². The second-order valence-corrected chi connectivity index (χ2v) is 7.19. The molecule has 7 heteroatoms. The van der Waals surface area contributed by atoms with Crippen molar-refractivity contribution in [2.45, 2.75) is 11.8 Å². The Kier molecular flexibility index (Phi) is 3.58. The van der Waals surface area contributed by atoms with Crippen LogP contribution in [0.4, 0.5) is 5.69 Å². The van der Waals surface area contributed by atoms with Gasteiger partial charge >= 0.3 is 0 Å². The Morgan fingerprint density at radius 3 is 2.60 bits per heavy atom. The summed E-state index contributed by atoms with van der Waals surface area (Å²) >= 11 is 0. The number of nitrogens with zero attached hydrogens (tertiary/aromatic N) is 1. The van der Waals surface area contributed by atoms with Crippen molar-refractivity contribution in [3.8, 4) is 11.5 Å². The summed E-state index contributed by atoms with van der Waals surface area (Å²) in [6, 6.07) is 16.1. The first-order chi connectivity index (χ1) is 12.0. The van der Waals surface area contributed by atoms with Crippen molar-refractivity contribution in [2.24, 2.45) is 0 Å². The molecule has 126 valence electrons. The van der Waals surface area contributed by atoms with Crippen LogP contribution in [-0.4, -0.2) is 13.6 Å². The van der Waals surface area contributed by atoms with Gasteiger partial charge in [-0.05, 0) is 18.4 Å². The Morgan fingerprint density at radius 1 is 1.00 bits per heavy atom. The van der Waals surface area contributed by atoms with E-state index >= 15 is 0 Å². The third-order valence-electron chi connectivity index (χ3n) is 3.88. The number of anilines is 1. The zero-order valence-electron chi connectivity index (χ0n) is 13.3. The van der Waals surface area contributed by atoms with Gasteiger partial charge in [-0.15, -0.1) is 0 Å². The van der Waals surface area contributed by atoms with Crippen LogP contribution in [0.25, 0.3) is 22.3 Å². The van der Waals surface area contributed by atoms with Gasteiger partial charge in [0.15, 0.2) is 5.76 Å². The van der Waals surface area contributed by atoms with Gasteiger partial charge in [0.05, 0.1) is 11.9 Å². The molecule has 0 aliphatic rings. The van der Waals surface area contributed by atoms with Crippen LogP contribution >= 0.6 is 0 Å². The quantitative estimate of drug-likeness (QED) is 0.594. The third-order valence-corrected chi connectivity index (χ3v) is 5.35. The van der Waals surface area contributed by atoms with Crippen molar-refractivity contribution in [1.82, 2.24) is 5.16 Å². The lowest BCUT2D eigenvalue weighted by atomic mass is 10.1. The van der Waals surface area contributed by atoms with Crippen molar-refractivity contribution in [3.63, 3.8) is 0 Å². The standard InChI is InChI=1S/C18H14N2O4S/c1-12-18(11-17(23-12)16-9-10-19-24-16)25(21,22)20-15-8-4-6-13-5-2-3-7-14(13)15/h2-11,20H,1H3. The second kappa shape index (κ2) is 5.78. The molecule has 1 N–H and O–H groups in total. The first kappa shape index (κ1) is 15.5. The fraction of sp³-hybridized carbons (Fsp3) is 0.0556. The summed E-state index contributed by atoms with van der Waals surface area (Å²) in [6.07, 6.45) is 1.47. The van der Waals surface area contributed by atoms with Gasteiger partial charge in [0.1, 0.15) is 10.7 Å². The highest BCUT2D eigenvalue weighted by Gasteiger charge is 2.23. The zero-order chi connectivity index (χ0) is 17.4. The minimum absolute atomic E-state index is 0.0619. The molecule has 0 saturated carbocycles. The third kappa shape index (κ3) is 2.78. The maximum Gasteiger partial charge on any atom is 0.265 e. The van der Waals surface area contributed by atoms with E-state index in [-0.39, 0.29) is 10.7 Å². The van der Waals surface area contributed by atoms with Gasteiger partial charge in [0.25, 0.3) is 10.0 Å². The molecule has 0 amide bonds. The largest absolute Gasteiger partial charge is 0.456 e. The molecular formula is C18H14N2O4S. The van der Waals surface area contributed by atoms with Crippen LogP contribution in [0.3, 0.4) is 0 Å². The Morgan fingerprint density at radius 2 is 1.80 bits per heavy atom. The minimum atomic E-state index is -3.81. The topological polar surface area (TPSA) is 85.3 Å². The number of sulfonamides is 1. The van der Waals surface area contributed by atoms with Gasteiger partial charge in [-0.1, -0.05) is 41.6 Å². The molecular weight excluding hydrogens is 340 g/mol. The predicted octanol–water partition coefficient (Wildman–Crippen LogP) is 4.20. The fourth-order valence-electron chi connectivity index (χ4n) is 2.71. The molecule has 0 spiro atoms. The van der Waals surface area contributed by atoms with Crippen molar-refractivity contribution in [3.05, 3.63) is 66.6 Å². The van der Waals surface area contributed by atoms with Gasteiger partial charge in [-0.2, -0.15) is 0 Å². The van der Waals surface area contributed by atoms with Gasteiger partial charge in [-0.25, -0.2) is 8.42 Å². The Bertz CT molecular complexity index is 1140. The number of rotatable bonds is 4. The lowest BCUT2D eigenvalue weighted by molar-refractivity contribution is 0.414. The number of furan rings is 1. The maximum absolute atomic E-state index is 12.8. The van der Waals surface area contributed by atoms with E-state index < -0.39 is 10.0 Å². The van der Waals surface area contributed by atoms with Crippen molar-refractivity contribution < 1.29 is 17.4 Å². The average Bonchev–Trinajstić information content (AvgIpc) is 3.24. The van der Waals surface area contributed by atoms with Crippen LogP contribution in [0, 0.1) is 6.92 Å². The molecule has 0 fully saturated rings. The van der Waals surface area contributed by atoms with Crippen LogP contribution in [0.5, 0.6) is 0 Å². The molecule has 0 aliphatic heterocycles. The van der Waals surface area contributed by atoms with Crippen LogP contribution in [-0.2, 0) is 10.0 Å². The molecule has 6 nitrogen and oxygen atoms in total. The average molecular weight is 354 g/mol. The number of aryl methyl sites for hydroxylation is 1. The van der Waals surface area contributed by atoms with Crippen LogP contribution in [0.15, 0.2) is 74.6 Å². The molecule has 0 bridgehead atoms. The molecule has 0 saturated heterocycles. The number of hydrogen-bond acceptors (Lipinski definition) is 5. The predicted molar refractivity (Wildman–Crippen MR) is 93.7 cm³/mol. The Balaban J connectivity index is 1.75. The molecule has 2 aromatic heterocycles. The smallest absolute Gasteiger partial charge is 0.265 e.